The first-order valence-corrected chi connectivity index (χ1v) is 6.90. The summed E-state index contributed by atoms with van der Waals surface area (Å²) >= 11 is 0. The van der Waals surface area contributed by atoms with E-state index in [4.69, 9.17) is 14.5 Å². The molecule has 1 aromatic carbocycles. The van der Waals surface area contributed by atoms with Crippen LogP contribution in [0.3, 0.4) is 0 Å². The van der Waals surface area contributed by atoms with Crippen LogP contribution in [0, 0.1) is 6.92 Å². The topological polar surface area (TPSA) is 46.6 Å². The molecule has 5 heteroatoms. The number of hydrogen-bond acceptors (Lipinski definition) is 5. The Hall–Kier alpha value is -2.01. The first-order valence-electron chi connectivity index (χ1n) is 6.90. The lowest BCUT2D eigenvalue weighted by molar-refractivity contribution is 0.356. The molecule has 1 N–H and O–H groups in total. The first kappa shape index (κ1) is 15.4. The van der Waals surface area contributed by atoms with Crippen LogP contribution in [0.5, 0.6) is 11.5 Å². The van der Waals surface area contributed by atoms with Crippen LogP contribution >= 0.6 is 0 Å². The Morgan fingerprint density at radius 1 is 1.14 bits per heavy atom. The molecule has 0 amide bonds. The minimum absolute atomic E-state index is 0.697. The van der Waals surface area contributed by atoms with Gasteiger partial charge in [0.15, 0.2) is 11.5 Å². The van der Waals surface area contributed by atoms with Gasteiger partial charge in [-0.3, -0.25) is 4.98 Å². The Morgan fingerprint density at radius 2 is 1.76 bits per heavy atom. The van der Waals surface area contributed by atoms with Gasteiger partial charge in [-0.05, 0) is 20.0 Å². The molecule has 0 aliphatic carbocycles. The van der Waals surface area contributed by atoms with E-state index in [2.05, 4.69) is 10.2 Å². The summed E-state index contributed by atoms with van der Waals surface area (Å²) in [6.45, 7) is 2.81. The van der Waals surface area contributed by atoms with Crippen molar-refractivity contribution in [2.75, 3.05) is 40.3 Å². The second-order valence-corrected chi connectivity index (χ2v) is 5.17. The third-order valence-electron chi connectivity index (χ3n) is 3.57. The Labute approximate surface area is 125 Å². The van der Waals surface area contributed by atoms with Gasteiger partial charge in [-0.25, -0.2) is 0 Å². The van der Waals surface area contributed by atoms with E-state index < -0.39 is 0 Å². The molecule has 2 aromatic rings. The van der Waals surface area contributed by atoms with E-state index in [1.807, 2.05) is 40.2 Å². The summed E-state index contributed by atoms with van der Waals surface area (Å²) < 4.78 is 10.8. The van der Waals surface area contributed by atoms with E-state index in [1.165, 1.54) is 5.56 Å². The second-order valence-electron chi connectivity index (χ2n) is 5.17. The molecule has 0 bridgehead atoms. The molecule has 0 aliphatic heterocycles. The zero-order valence-corrected chi connectivity index (χ0v) is 13.6. The highest BCUT2D eigenvalue weighted by atomic mass is 16.5. The van der Waals surface area contributed by atoms with Crippen LogP contribution in [0.2, 0.25) is 0 Å². The van der Waals surface area contributed by atoms with Crippen LogP contribution in [0.4, 0.5) is 5.69 Å². The molecule has 2 rings (SSSR count). The highest BCUT2D eigenvalue weighted by Gasteiger charge is 2.17. The van der Waals surface area contributed by atoms with Gasteiger partial charge in [0, 0.05) is 43.4 Å². The lowest BCUT2D eigenvalue weighted by atomic mass is 10.0. The van der Waals surface area contributed by atoms with Gasteiger partial charge in [-0.15, -0.1) is 0 Å². The molecule has 0 saturated heterocycles. The van der Waals surface area contributed by atoms with Crippen molar-refractivity contribution >= 4 is 16.6 Å². The standard InChI is InChI=1S/C16H23N3O2/c1-10-12(9-17-2)16(19(3)4)11-7-14(20-5)15(21-6)8-13(11)18-10/h7-8,17H,9H2,1-6H3. The molecule has 0 saturated carbocycles. The summed E-state index contributed by atoms with van der Waals surface area (Å²) in [6.07, 6.45) is 0. The number of hydrogen-bond donors (Lipinski definition) is 1. The Morgan fingerprint density at radius 3 is 2.29 bits per heavy atom. The highest BCUT2D eigenvalue weighted by molar-refractivity contribution is 5.96. The van der Waals surface area contributed by atoms with Crippen molar-refractivity contribution in [1.82, 2.24) is 10.3 Å². The van der Waals surface area contributed by atoms with E-state index in [9.17, 15) is 0 Å². The third kappa shape index (κ3) is 2.74. The number of nitrogens with zero attached hydrogens (tertiary/aromatic N) is 2. The summed E-state index contributed by atoms with van der Waals surface area (Å²) in [5, 5.41) is 4.28. The molecule has 0 atom stereocenters. The van der Waals surface area contributed by atoms with Crippen LogP contribution in [0.1, 0.15) is 11.3 Å². The summed E-state index contributed by atoms with van der Waals surface area (Å²) in [4.78, 5) is 6.84. The molecular formula is C16H23N3O2. The maximum Gasteiger partial charge on any atom is 0.162 e. The van der Waals surface area contributed by atoms with Crippen LogP contribution in [-0.2, 0) is 6.54 Å². The summed E-state index contributed by atoms with van der Waals surface area (Å²) in [5.74, 6) is 1.41. The molecule has 0 fully saturated rings. The Bertz CT molecular complexity index is 654. The highest BCUT2D eigenvalue weighted by Crippen LogP contribution is 2.37. The number of aromatic nitrogens is 1. The third-order valence-corrected chi connectivity index (χ3v) is 3.57. The number of methoxy groups -OCH3 is 2. The van der Waals surface area contributed by atoms with Gasteiger partial charge in [0.25, 0.3) is 0 Å². The molecule has 1 aromatic heterocycles. The van der Waals surface area contributed by atoms with Crippen LogP contribution in [0.15, 0.2) is 12.1 Å². The van der Waals surface area contributed by atoms with Crippen LogP contribution in [0.25, 0.3) is 10.9 Å². The van der Waals surface area contributed by atoms with E-state index in [0.29, 0.717) is 11.5 Å². The molecule has 5 nitrogen and oxygen atoms in total. The van der Waals surface area contributed by atoms with Crippen LogP contribution in [-0.4, -0.2) is 40.3 Å². The van der Waals surface area contributed by atoms with E-state index in [-0.39, 0.29) is 0 Å². The Balaban J connectivity index is 2.84. The molecule has 21 heavy (non-hydrogen) atoms. The number of pyridine rings is 1. The van der Waals surface area contributed by atoms with E-state index >= 15 is 0 Å². The number of benzene rings is 1. The fourth-order valence-electron chi connectivity index (χ4n) is 2.63. The number of nitrogens with one attached hydrogen (secondary N) is 1. The SMILES string of the molecule is CNCc1c(C)nc2cc(OC)c(OC)cc2c1N(C)C. The van der Waals surface area contributed by atoms with Gasteiger partial charge in [-0.1, -0.05) is 0 Å². The number of fused-ring (bicyclic) bond motifs is 1. The predicted octanol–water partition coefficient (Wildman–Crippen LogP) is 2.35. The number of rotatable bonds is 5. The summed E-state index contributed by atoms with van der Waals surface area (Å²) in [6, 6.07) is 3.92. The van der Waals surface area contributed by atoms with Crippen molar-refractivity contribution in [2.45, 2.75) is 13.5 Å². The predicted molar refractivity (Wildman–Crippen MR) is 86.7 cm³/mol. The van der Waals surface area contributed by atoms with E-state index in [1.54, 1.807) is 14.2 Å². The molecule has 114 valence electrons. The average Bonchev–Trinajstić information content (AvgIpc) is 2.46. The minimum Gasteiger partial charge on any atom is -0.493 e. The normalized spacial score (nSPS) is 10.8. The van der Waals surface area contributed by atoms with Gasteiger partial charge in [0.2, 0.25) is 0 Å². The number of ether oxygens (including phenoxy) is 2. The van der Waals surface area contributed by atoms with Crippen molar-refractivity contribution in [3.05, 3.63) is 23.4 Å². The zero-order chi connectivity index (χ0) is 15.6. The lowest BCUT2D eigenvalue weighted by Crippen LogP contribution is -2.17. The van der Waals surface area contributed by atoms with Gasteiger partial charge >= 0.3 is 0 Å². The van der Waals surface area contributed by atoms with Gasteiger partial charge in [0.1, 0.15) is 0 Å². The van der Waals surface area contributed by atoms with Gasteiger partial charge in [0.05, 0.1) is 25.4 Å². The zero-order valence-electron chi connectivity index (χ0n) is 13.6. The van der Waals surface area contributed by atoms with E-state index in [0.717, 1.165) is 28.8 Å². The van der Waals surface area contributed by atoms with Crippen molar-refractivity contribution in [1.29, 1.82) is 0 Å². The molecule has 0 spiro atoms. The molecule has 1 heterocycles. The minimum atomic E-state index is 0.697. The second kappa shape index (κ2) is 6.18. The van der Waals surface area contributed by atoms with Crippen molar-refractivity contribution < 1.29 is 9.47 Å². The average molecular weight is 289 g/mol. The maximum atomic E-state index is 5.42. The summed E-state index contributed by atoms with van der Waals surface area (Å²) in [7, 11) is 9.32. The lowest BCUT2D eigenvalue weighted by Gasteiger charge is -2.22. The van der Waals surface area contributed by atoms with Crippen molar-refractivity contribution in [3.63, 3.8) is 0 Å². The Kier molecular flexibility index (Phi) is 4.53. The fraction of sp³-hybridized carbons (Fsp3) is 0.438. The number of anilines is 1. The van der Waals surface area contributed by atoms with Crippen molar-refractivity contribution in [2.24, 2.45) is 0 Å². The molecule has 0 radical (unpaired) electrons. The smallest absolute Gasteiger partial charge is 0.162 e. The first-order chi connectivity index (χ1) is 10.0. The quantitative estimate of drug-likeness (QED) is 0.915. The van der Waals surface area contributed by atoms with Gasteiger partial charge < -0.3 is 19.7 Å². The monoisotopic (exact) mass is 289 g/mol. The molecule has 0 unspecified atom stereocenters. The van der Waals surface area contributed by atoms with Crippen LogP contribution < -0.4 is 19.7 Å². The van der Waals surface area contributed by atoms with Gasteiger partial charge in [-0.2, -0.15) is 0 Å². The number of aryl methyl sites for hydroxylation is 1. The molecular weight excluding hydrogens is 266 g/mol. The fourth-order valence-corrected chi connectivity index (χ4v) is 2.63. The molecule has 0 aliphatic rings. The maximum absolute atomic E-state index is 5.42. The van der Waals surface area contributed by atoms with Crippen molar-refractivity contribution in [3.8, 4) is 11.5 Å². The summed E-state index contributed by atoms with van der Waals surface area (Å²) in [5.41, 5.74) is 4.29. The largest absolute Gasteiger partial charge is 0.493 e.